The van der Waals surface area contributed by atoms with E-state index in [0.29, 0.717) is 0 Å². The number of hydrogen-bond acceptors (Lipinski definition) is 3. The van der Waals surface area contributed by atoms with Gasteiger partial charge in [0.15, 0.2) is 0 Å². The van der Waals surface area contributed by atoms with E-state index in [2.05, 4.69) is 10.3 Å². The number of nitrogens with two attached hydrogens (primary N) is 1. The van der Waals surface area contributed by atoms with E-state index in [1.165, 1.54) is 0 Å². The summed E-state index contributed by atoms with van der Waals surface area (Å²) in [6.07, 6.45) is 1.98. The van der Waals surface area contributed by atoms with Crippen molar-refractivity contribution in [2.75, 3.05) is 12.3 Å². The molecule has 0 aliphatic carbocycles. The molecule has 0 aliphatic heterocycles. The zero-order valence-corrected chi connectivity index (χ0v) is 11.0. The molecule has 0 spiro atoms. The topological polar surface area (TPSA) is 105 Å². The van der Waals surface area contributed by atoms with Gasteiger partial charge in [-0.25, -0.2) is 13.6 Å². The summed E-state index contributed by atoms with van der Waals surface area (Å²) >= 11 is 0. The highest BCUT2D eigenvalue weighted by Crippen LogP contribution is 2.17. The predicted octanol–water partition coefficient (Wildman–Crippen LogP) is 0.115. The number of H-pyrrole nitrogens is 1. The third-order valence-electron chi connectivity index (χ3n) is 2.73. The monoisotopic (exact) mass is 281 g/mol. The van der Waals surface area contributed by atoms with Gasteiger partial charge in [-0.05, 0) is 11.6 Å². The first-order valence-corrected chi connectivity index (χ1v) is 7.49. The number of aromatic nitrogens is 1. The van der Waals surface area contributed by atoms with E-state index in [9.17, 15) is 13.2 Å². The number of hydrogen-bond donors (Lipinski definition) is 3. The lowest BCUT2D eigenvalue weighted by Crippen LogP contribution is -2.32. The first-order valence-electron chi connectivity index (χ1n) is 5.78. The lowest BCUT2D eigenvalue weighted by molar-refractivity contribution is -0.120. The highest BCUT2D eigenvalue weighted by molar-refractivity contribution is 7.89. The minimum Gasteiger partial charge on any atom is -0.361 e. The maximum absolute atomic E-state index is 11.7. The second-order valence-corrected chi connectivity index (χ2v) is 5.99. The molecule has 1 amide bonds. The number of sulfonamides is 1. The zero-order valence-electron chi connectivity index (χ0n) is 10.2. The van der Waals surface area contributed by atoms with Crippen molar-refractivity contribution in [3.05, 3.63) is 36.0 Å². The molecule has 1 heterocycles. The maximum Gasteiger partial charge on any atom is 0.224 e. The van der Waals surface area contributed by atoms with Gasteiger partial charge in [0, 0.05) is 23.6 Å². The number of benzene rings is 1. The van der Waals surface area contributed by atoms with Crippen molar-refractivity contribution in [3.63, 3.8) is 0 Å². The van der Waals surface area contributed by atoms with E-state index < -0.39 is 10.0 Å². The summed E-state index contributed by atoms with van der Waals surface area (Å²) in [6, 6.07) is 7.67. The number of carbonyl (C=O) groups is 1. The fourth-order valence-electron chi connectivity index (χ4n) is 1.85. The lowest BCUT2D eigenvalue weighted by Gasteiger charge is -2.03. The Morgan fingerprint density at radius 1 is 1.32 bits per heavy atom. The van der Waals surface area contributed by atoms with Crippen LogP contribution in [0.5, 0.6) is 0 Å². The lowest BCUT2D eigenvalue weighted by atomic mass is 10.1. The number of rotatable bonds is 5. The Labute approximate surface area is 111 Å². The average molecular weight is 281 g/mol. The van der Waals surface area contributed by atoms with Gasteiger partial charge >= 0.3 is 0 Å². The van der Waals surface area contributed by atoms with E-state index in [0.717, 1.165) is 16.5 Å². The molecule has 19 heavy (non-hydrogen) atoms. The predicted molar refractivity (Wildman–Crippen MR) is 73.0 cm³/mol. The summed E-state index contributed by atoms with van der Waals surface area (Å²) in [5.74, 6) is -0.486. The summed E-state index contributed by atoms with van der Waals surface area (Å²) < 4.78 is 21.5. The summed E-state index contributed by atoms with van der Waals surface area (Å²) in [5, 5.41) is 8.37. The van der Waals surface area contributed by atoms with Gasteiger partial charge in [-0.2, -0.15) is 0 Å². The number of carbonyl (C=O) groups excluding carboxylic acids is 1. The van der Waals surface area contributed by atoms with E-state index in [1.807, 2.05) is 24.3 Å². The molecule has 0 aliphatic rings. The molecule has 4 N–H and O–H groups in total. The molecule has 6 nitrogen and oxygen atoms in total. The van der Waals surface area contributed by atoms with Gasteiger partial charge in [-0.3, -0.25) is 4.79 Å². The summed E-state index contributed by atoms with van der Waals surface area (Å²) in [6.45, 7) is 0.0278. The molecule has 0 radical (unpaired) electrons. The second-order valence-electron chi connectivity index (χ2n) is 4.25. The van der Waals surface area contributed by atoms with E-state index >= 15 is 0 Å². The number of aromatic amines is 1. The molecule has 1 aromatic heterocycles. The zero-order chi connectivity index (χ0) is 13.9. The van der Waals surface area contributed by atoms with Crippen LogP contribution in [0.3, 0.4) is 0 Å². The molecule has 102 valence electrons. The Morgan fingerprint density at radius 3 is 2.79 bits per heavy atom. The molecule has 1 aromatic carbocycles. The van der Waals surface area contributed by atoms with Gasteiger partial charge in [0.2, 0.25) is 15.9 Å². The molecule has 0 atom stereocenters. The Morgan fingerprint density at radius 2 is 2.05 bits per heavy atom. The van der Waals surface area contributed by atoms with Crippen LogP contribution in [0, 0.1) is 0 Å². The van der Waals surface area contributed by atoms with Crippen molar-refractivity contribution in [1.29, 1.82) is 0 Å². The van der Waals surface area contributed by atoms with E-state index in [4.69, 9.17) is 5.14 Å². The van der Waals surface area contributed by atoms with Gasteiger partial charge in [-0.1, -0.05) is 18.2 Å². The Hall–Kier alpha value is -1.86. The van der Waals surface area contributed by atoms with Gasteiger partial charge < -0.3 is 10.3 Å². The van der Waals surface area contributed by atoms with Crippen LogP contribution in [0.4, 0.5) is 0 Å². The van der Waals surface area contributed by atoms with E-state index in [-0.39, 0.29) is 24.6 Å². The quantitative estimate of drug-likeness (QED) is 0.724. The fraction of sp³-hybridized carbons (Fsp3) is 0.250. The molecule has 2 aromatic rings. The number of fused-ring (bicyclic) bond motifs is 1. The van der Waals surface area contributed by atoms with Crippen LogP contribution in [0.2, 0.25) is 0 Å². The van der Waals surface area contributed by atoms with Crippen molar-refractivity contribution >= 4 is 26.8 Å². The van der Waals surface area contributed by atoms with Crippen LogP contribution in [0.15, 0.2) is 30.5 Å². The van der Waals surface area contributed by atoms with E-state index in [1.54, 1.807) is 6.20 Å². The number of nitrogens with one attached hydrogen (secondary N) is 2. The highest BCUT2D eigenvalue weighted by Gasteiger charge is 2.09. The normalized spacial score (nSPS) is 11.6. The van der Waals surface area contributed by atoms with Gasteiger partial charge in [0.25, 0.3) is 0 Å². The van der Waals surface area contributed by atoms with Crippen LogP contribution < -0.4 is 10.5 Å². The van der Waals surface area contributed by atoms with Crippen LogP contribution in [-0.2, 0) is 21.2 Å². The third kappa shape index (κ3) is 3.80. The average Bonchev–Trinajstić information content (AvgIpc) is 2.71. The van der Waals surface area contributed by atoms with Gasteiger partial charge in [0.1, 0.15) is 0 Å². The molecule has 7 heteroatoms. The Balaban J connectivity index is 1.96. The maximum atomic E-state index is 11.7. The molecule has 0 saturated carbocycles. The largest absolute Gasteiger partial charge is 0.361 e. The molecule has 2 rings (SSSR count). The minimum atomic E-state index is -3.54. The number of primary sulfonamides is 1. The first-order chi connectivity index (χ1) is 8.96. The van der Waals surface area contributed by atoms with Crippen LogP contribution in [-0.4, -0.2) is 31.6 Å². The molecular formula is C12H15N3O3S. The molecular weight excluding hydrogens is 266 g/mol. The van der Waals surface area contributed by atoms with Gasteiger partial charge in [-0.15, -0.1) is 0 Å². The fourth-order valence-corrected chi connectivity index (χ4v) is 2.23. The summed E-state index contributed by atoms with van der Waals surface area (Å²) in [4.78, 5) is 14.8. The SMILES string of the molecule is NS(=O)(=O)CCNC(=O)Cc1c[nH]c2ccccc12. The first kappa shape index (κ1) is 13.6. The van der Waals surface area contributed by atoms with Crippen LogP contribution >= 0.6 is 0 Å². The van der Waals surface area contributed by atoms with Crippen molar-refractivity contribution in [3.8, 4) is 0 Å². The van der Waals surface area contributed by atoms with Gasteiger partial charge in [0.05, 0.1) is 12.2 Å². The van der Waals surface area contributed by atoms with Crippen molar-refractivity contribution in [2.24, 2.45) is 5.14 Å². The Kier molecular flexibility index (Phi) is 3.87. The third-order valence-corrected chi connectivity index (χ3v) is 3.51. The second kappa shape index (κ2) is 5.41. The van der Waals surface area contributed by atoms with Crippen LogP contribution in [0.25, 0.3) is 10.9 Å². The smallest absolute Gasteiger partial charge is 0.224 e. The molecule has 0 fully saturated rings. The Bertz CT molecular complexity index is 691. The summed E-state index contributed by atoms with van der Waals surface area (Å²) in [7, 11) is -3.54. The molecule has 0 bridgehead atoms. The summed E-state index contributed by atoms with van der Waals surface area (Å²) in [5.41, 5.74) is 1.85. The minimum absolute atomic E-state index is 0.0278. The standard InChI is InChI=1S/C12H15N3O3S/c13-19(17,18)6-5-14-12(16)7-9-8-15-11-4-2-1-3-10(9)11/h1-4,8,15H,5-7H2,(H,14,16)(H2,13,17,18). The number of para-hydroxylation sites is 1. The van der Waals surface area contributed by atoms with Crippen molar-refractivity contribution in [2.45, 2.75) is 6.42 Å². The van der Waals surface area contributed by atoms with Crippen molar-refractivity contribution in [1.82, 2.24) is 10.3 Å². The molecule has 0 unspecified atom stereocenters. The highest BCUT2D eigenvalue weighted by atomic mass is 32.2. The molecule has 0 saturated heterocycles. The van der Waals surface area contributed by atoms with Crippen molar-refractivity contribution < 1.29 is 13.2 Å². The number of amides is 1. The van der Waals surface area contributed by atoms with Crippen LogP contribution in [0.1, 0.15) is 5.56 Å².